The van der Waals surface area contributed by atoms with Gasteiger partial charge in [0.15, 0.2) is 11.6 Å². The van der Waals surface area contributed by atoms with E-state index in [-0.39, 0.29) is 5.91 Å². The van der Waals surface area contributed by atoms with E-state index in [0.29, 0.717) is 23.7 Å². The Morgan fingerprint density at radius 1 is 1.18 bits per heavy atom. The molecule has 1 fully saturated rings. The monoisotopic (exact) mass is 390 g/mol. The minimum atomic E-state index is -0.903. The summed E-state index contributed by atoms with van der Waals surface area (Å²) in [4.78, 5) is 20.9. The Balaban J connectivity index is 1.43. The van der Waals surface area contributed by atoms with Gasteiger partial charge in [-0.05, 0) is 30.7 Å². The lowest BCUT2D eigenvalue weighted by atomic mass is 10.2. The van der Waals surface area contributed by atoms with E-state index < -0.39 is 11.6 Å². The van der Waals surface area contributed by atoms with E-state index >= 15 is 0 Å². The van der Waals surface area contributed by atoms with Crippen LogP contribution in [-0.4, -0.2) is 62.2 Å². The van der Waals surface area contributed by atoms with Crippen molar-refractivity contribution in [2.45, 2.75) is 6.42 Å². The van der Waals surface area contributed by atoms with Crippen LogP contribution in [0.3, 0.4) is 0 Å². The number of aromatic nitrogens is 1. The summed E-state index contributed by atoms with van der Waals surface area (Å²) in [7, 11) is 1.61. The highest BCUT2D eigenvalue weighted by molar-refractivity contribution is 5.98. The molecule has 1 aliphatic heterocycles. The molecule has 0 aliphatic carbocycles. The maximum Gasteiger partial charge on any atom is 0.254 e. The fraction of sp³-hybridized carbons (Fsp3) is 0.400. The molecule has 0 radical (unpaired) electrons. The molecular weight excluding hydrogens is 366 g/mol. The van der Waals surface area contributed by atoms with E-state index in [9.17, 15) is 13.6 Å². The Bertz CT molecular complexity index is 811. The molecule has 1 N–H and O–H groups in total. The average Bonchev–Trinajstić information content (AvgIpc) is 2.73. The molecular formula is C20H24F2N4O2. The topological polar surface area (TPSA) is 57.7 Å². The Labute approximate surface area is 163 Å². The highest BCUT2D eigenvalue weighted by Crippen LogP contribution is 2.19. The lowest BCUT2D eigenvalue weighted by Crippen LogP contribution is -2.47. The first kappa shape index (κ1) is 20.0. The van der Waals surface area contributed by atoms with Crippen molar-refractivity contribution in [2.24, 2.45) is 0 Å². The Morgan fingerprint density at radius 3 is 2.68 bits per heavy atom. The summed E-state index contributed by atoms with van der Waals surface area (Å²) in [6, 6.07) is 7.09. The fourth-order valence-electron chi connectivity index (χ4n) is 3.19. The predicted octanol–water partition coefficient (Wildman–Crippen LogP) is 2.31. The number of ether oxygens (including phenoxy) is 1. The molecule has 1 aromatic carbocycles. The number of carbonyl (C=O) groups excluding carboxylic acids is 1. The molecule has 0 spiro atoms. The van der Waals surface area contributed by atoms with Crippen LogP contribution < -0.4 is 15.0 Å². The van der Waals surface area contributed by atoms with E-state index in [1.165, 1.54) is 6.07 Å². The number of hydrogen-bond acceptors (Lipinski definition) is 5. The number of hydrogen-bond donors (Lipinski definition) is 1. The minimum absolute atomic E-state index is 0.139. The molecule has 1 aliphatic rings. The van der Waals surface area contributed by atoms with Gasteiger partial charge in [-0.15, -0.1) is 0 Å². The van der Waals surface area contributed by atoms with Crippen molar-refractivity contribution in [3.05, 3.63) is 53.7 Å². The van der Waals surface area contributed by atoms with Crippen LogP contribution in [0.2, 0.25) is 0 Å². The van der Waals surface area contributed by atoms with Crippen LogP contribution in [0, 0.1) is 11.6 Å². The molecule has 3 rings (SSSR count). The molecule has 150 valence electrons. The molecule has 0 bridgehead atoms. The van der Waals surface area contributed by atoms with Gasteiger partial charge in [0.05, 0.1) is 12.2 Å². The molecule has 0 atom stereocenters. The number of amides is 1. The quantitative estimate of drug-likeness (QED) is 0.736. The van der Waals surface area contributed by atoms with Gasteiger partial charge < -0.3 is 15.0 Å². The summed E-state index contributed by atoms with van der Waals surface area (Å²) in [6.45, 7) is 4.56. The average molecular weight is 390 g/mol. The summed E-state index contributed by atoms with van der Waals surface area (Å²) in [5.74, 6) is -0.874. The molecule has 1 saturated heterocycles. The maximum atomic E-state index is 13.2. The van der Waals surface area contributed by atoms with Crippen LogP contribution in [-0.2, 0) is 0 Å². The summed E-state index contributed by atoms with van der Waals surface area (Å²) in [5.41, 5.74) is 0.582. The summed E-state index contributed by atoms with van der Waals surface area (Å²) >= 11 is 0. The van der Waals surface area contributed by atoms with Crippen LogP contribution in [0.4, 0.5) is 14.6 Å². The number of piperazine rings is 1. The Morgan fingerprint density at radius 2 is 1.96 bits per heavy atom. The van der Waals surface area contributed by atoms with Crippen molar-refractivity contribution >= 4 is 11.7 Å². The van der Waals surface area contributed by atoms with E-state index in [1.54, 1.807) is 25.4 Å². The van der Waals surface area contributed by atoms with Gasteiger partial charge in [-0.1, -0.05) is 0 Å². The van der Waals surface area contributed by atoms with Gasteiger partial charge in [0.25, 0.3) is 5.91 Å². The third-order valence-corrected chi connectivity index (χ3v) is 4.71. The summed E-state index contributed by atoms with van der Waals surface area (Å²) in [6.07, 6.45) is 2.48. The van der Waals surface area contributed by atoms with Crippen LogP contribution in [0.25, 0.3) is 0 Å². The maximum absolute atomic E-state index is 13.2. The first-order chi connectivity index (χ1) is 13.6. The van der Waals surface area contributed by atoms with Crippen LogP contribution >= 0.6 is 0 Å². The molecule has 6 nitrogen and oxygen atoms in total. The molecule has 28 heavy (non-hydrogen) atoms. The van der Waals surface area contributed by atoms with Crippen molar-refractivity contribution in [3.8, 4) is 5.75 Å². The number of nitrogens with one attached hydrogen (secondary N) is 1. The molecule has 8 heteroatoms. The lowest BCUT2D eigenvalue weighted by molar-refractivity contribution is 0.0963. The van der Waals surface area contributed by atoms with E-state index in [2.05, 4.69) is 20.1 Å². The van der Waals surface area contributed by atoms with Gasteiger partial charge >= 0.3 is 0 Å². The zero-order valence-electron chi connectivity index (χ0n) is 15.8. The second-order valence-electron chi connectivity index (χ2n) is 6.56. The van der Waals surface area contributed by atoms with Gasteiger partial charge in [0.2, 0.25) is 0 Å². The smallest absolute Gasteiger partial charge is 0.254 e. The zero-order chi connectivity index (χ0) is 19.9. The largest absolute Gasteiger partial charge is 0.493 e. The highest BCUT2D eigenvalue weighted by Gasteiger charge is 2.21. The first-order valence-corrected chi connectivity index (χ1v) is 9.30. The van der Waals surface area contributed by atoms with E-state index in [0.717, 1.165) is 51.3 Å². The van der Waals surface area contributed by atoms with Crippen LogP contribution in [0.15, 0.2) is 36.5 Å². The van der Waals surface area contributed by atoms with Crippen molar-refractivity contribution in [1.82, 2.24) is 15.2 Å². The van der Waals surface area contributed by atoms with Gasteiger partial charge in [-0.25, -0.2) is 13.8 Å². The molecule has 0 saturated carbocycles. The predicted molar refractivity (Wildman–Crippen MR) is 103 cm³/mol. The minimum Gasteiger partial charge on any atom is -0.493 e. The summed E-state index contributed by atoms with van der Waals surface area (Å²) in [5, 5.41) is 2.65. The van der Waals surface area contributed by atoms with Crippen molar-refractivity contribution < 1.29 is 18.3 Å². The Kier molecular flexibility index (Phi) is 6.76. The van der Waals surface area contributed by atoms with Gasteiger partial charge in [-0.3, -0.25) is 9.69 Å². The fourth-order valence-corrected chi connectivity index (χ4v) is 3.19. The molecule has 0 unspecified atom stereocenters. The normalized spacial score (nSPS) is 14.8. The first-order valence-electron chi connectivity index (χ1n) is 9.30. The zero-order valence-corrected chi connectivity index (χ0v) is 15.8. The Hall–Kier alpha value is -2.74. The number of carbonyl (C=O) groups is 1. The number of halogens is 2. The number of pyridine rings is 1. The lowest BCUT2D eigenvalue weighted by Gasteiger charge is -2.36. The van der Waals surface area contributed by atoms with Crippen molar-refractivity contribution in [3.63, 3.8) is 0 Å². The number of benzene rings is 1. The van der Waals surface area contributed by atoms with E-state index in [1.807, 2.05) is 0 Å². The van der Waals surface area contributed by atoms with Gasteiger partial charge in [0.1, 0.15) is 11.6 Å². The molecule has 1 aromatic heterocycles. The third kappa shape index (κ3) is 4.95. The summed E-state index contributed by atoms with van der Waals surface area (Å²) < 4.78 is 31.5. The number of rotatable bonds is 7. The standard InChI is InChI=1S/C20H24F2N4O2/c1-23-20(27)16-4-2-7-24-19(16)26-11-9-25(10-12-26)8-3-13-28-15-5-6-17(21)18(22)14-15/h2,4-7,14H,3,8-13H2,1H3,(H,23,27). The van der Waals surface area contributed by atoms with Gasteiger partial charge in [-0.2, -0.15) is 0 Å². The number of nitrogens with zero attached hydrogens (tertiary/aromatic N) is 3. The van der Waals surface area contributed by atoms with Crippen LogP contribution in [0.5, 0.6) is 5.75 Å². The second-order valence-corrected chi connectivity index (χ2v) is 6.56. The molecule has 2 heterocycles. The molecule has 1 amide bonds. The second kappa shape index (κ2) is 9.45. The van der Waals surface area contributed by atoms with Crippen molar-refractivity contribution in [1.29, 1.82) is 0 Å². The van der Waals surface area contributed by atoms with Crippen molar-refractivity contribution in [2.75, 3.05) is 51.3 Å². The molecule has 2 aromatic rings. The highest BCUT2D eigenvalue weighted by atomic mass is 19.2. The van der Waals surface area contributed by atoms with E-state index in [4.69, 9.17) is 4.74 Å². The number of anilines is 1. The third-order valence-electron chi connectivity index (χ3n) is 4.71. The SMILES string of the molecule is CNC(=O)c1cccnc1N1CCN(CCCOc2ccc(F)c(F)c2)CC1. The van der Waals surface area contributed by atoms with Gasteiger partial charge in [0, 0.05) is 52.0 Å². The van der Waals surface area contributed by atoms with Crippen LogP contribution in [0.1, 0.15) is 16.8 Å².